The predicted octanol–water partition coefficient (Wildman–Crippen LogP) is 2.76. The standard InChI is InChI=1S/C17H20N2O2/c1-2-21-17(20)12-19(14-7-8-14)11-13-9-10-18-16-6-4-3-5-15(13)16/h3-6,9-10,14H,2,7-8,11-12H2,1H3. The normalized spacial score (nSPS) is 14.6. The highest BCUT2D eigenvalue weighted by atomic mass is 16.5. The molecule has 1 aliphatic rings. The van der Waals surface area contributed by atoms with Crippen LogP contribution >= 0.6 is 0 Å². The van der Waals surface area contributed by atoms with Crippen LogP contribution < -0.4 is 0 Å². The Labute approximate surface area is 124 Å². The van der Waals surface area contributed by atoms with Gasteiger partial charge in [-0.1, -0.05) is 18.2 Å². The highest BCUT2D eigenvalue weighted by molar-refractivity contribution is 5.81. The topological polar surface area (TPSA) is 42.4 Å². The largest absolute Gasteiger partial charge is 0.465 e. The molecule has 0 unspecified atom stereocenters. The lowest BCUT2D eigenvalue weighted by Gasteiger charge is -2.21. The first-order valence-electron chi connectivity index (χ1n) is 7.50. The van der Waals surface area contributed by atoms with E-state index in [9.17, 15) is 4.79 Å². The summed E-state index contributed by atoms with van der Waals surface area (Å²) in [5, 5.41) is 1.16. The first-order valence-corrected chi connectivity index (χ1v) is 7.50. The van der Waals surface area contributed by atoms with E-state index in [0.717, 1.165) is 17.4 Å². The summed E-state index contributed by atoms with van der Waals surface area (Å²) in [6.45, 7) is 3.42. The Morgan fingerprint density at radius 2 is 2.14 bits per heavy atom. The third-order valence-corrected chi connectivity index (χ3v) is 3.81. The molecular weight excluding hydrogens is 264 g/mol. The molecule has 1 saturated carbocycles. The minimum Gasteiger partial charge on any atom is -0.465 e. The van der Waals surface area contributed by atoms with Crippen molar-refractivity contribution < 1.29 is 9.53 Å². The lowest BCUT2D eigenvalue weighted by atomic mass is 10.1. The Kier molecular flexibility index (Phi) is 4.15. The van der Waals surface area contributed by atoms with E-state index in [2.05, 4.69) is 16.0 Å². The summed E-state index contributed by atoms with van der Waals surface area (Å²) in [5.41, 5.74) is 2.22. The van der Waals surface area contributed by atoms with Gasteiger partial charge in [0, 0.05) is 24.2 Å². The molecule has 21 heavy (non-hydrogen) atoms. The molecule has 1 aromatic heterocycles. The van der Waals surface area contributed by atoms with Crippen LogP contribution in [0.3, 0.4) is 0 Å². The van der Waals surface area contributed by atoms with Crippen LogP contribution in [0.1, 0.15) is 25.3 Å². The van der Waals surface area contributed by atoms with Crippen molar-refractivity contribution in [2.45, 2.75) is 32.4 Å². The summed E-state index contributed by atoms with van der Waals surface area (Å²) in [5.74, 6) is -0.136. The molecule has 1 heterocycles. The fraction of sp³-hybridized carbons (Fsp3) is 0.412. The molecule has 4 heteroatoms. The number of pyridine rings is 1. The maximum atomic E-state index is 11.8. The predicted molar refractivity (Wildman–Crippen MR) is 81.8 cm³/mol. The summed E-state index contributed by atoms with van der Waals surface area (Å²) < 4.78 is 5.08. The number of aromatic nitrogens is 1. The van der Waals surface area contributed by atoms with Crippen LogP contribution in [0.4, 0.5) is 0 Å². The van der Waals surface area contributed by atoms with Crippen molar-refractivity contribution in [1.82, 2.24) is 9.88 Å². The van der Waals surface area contributed by atoms with Crippen LogP contribution in [0.25, 0.3) is 10.9 Å². The molecule has 0 amide bonds. The van der Waals surface area contributed by atoms with Gasteiger partial charge in [-0.3, -0.25) is 14.7 Å². The molecule has 0 N–H and O–H groups in total. The van der Waals surface area contributed by atoms with Crippen molar-refractivity contribution in [2.24, 2.45) is 0 Å². The number of carbonyl (C=O) groups excluding carboxylic acids is 1. The van der Waals surface area contributed by atoms with Crippen molar-refractivity contribution in [3.8, 4) is 0 Å². The van der Waals surface area contributed by atoms with Crippen molar-refractivity contribution in [1.29, 1.82) is 0 Å². The smallest absolute Gasteiger partial charge is 0.320 e. The van der Waals surface area contributed by atoms with Gasteiger partial charge < -0.3 is 4.74 Å². The Balaban J connectivity index is 1.79. The number of carbonyl (C=O) groups is 1. The molecule has 1 aromatic carbocycles. The van der Waals surface area contributed by atoms with Crippen LogP contribution in [0.15, 0.2) is 36.5 Å². The number of hydrogen-bond donors (Lipinski definition) is 0. The SMILES string of the molecule is CCOC(=O)CN(Cc1ccnc2ccccc12)C1CC1. The summed E-state index contributed by atoms with van der Waals surface area (Å²) in [4.78, 5) is 18.4. The Hall–Kier alpha value is -1.94. The van der Waals surface area contributed by atoms with Crippen LogP contribution in [0.5, 0.6) is 0 Å². The van der Waals surface area contributed by atoms with Gasteiger partial charge in [0.05, 0.1) is 18.7 Å². The van der Waals surface area contributed by atoms with E-state index >= 15 is 0 Å². The number of nitrogens with zero attached hydrogens (tertiary/aromatic N) is 2. The van der Waals surface area contributed by atoms with Gasteiger partial charge in [0.25, 0.3) is 0 Å². The highest BCUT2D eigenvalue weighted by Crippen LogP contribution is 2.29. The lowest BCUT2D eigenvalue weighted by Crippen LogP contribution is -2.32. The summed E-state index contributed by atoms with van der Waals surface area (Å²) >= 11 is 0. The van der Waals surface area contributed by atoms with E-state index in [1.807, 2.05) is 37.4 Å². The summed E-state index contributed by atoms with van der Waals surface area (Å²) in [6, 6.07) is 10.7. The fourth-order valence-electron chi connectivity index (χ4n) is 2.64. The number of fused-ring (bicyclic) bond motifs is 1. The molecule has 2 aromatic rings. The monoisotopic (exact) mass is 284 g/mol. The molecule has 110 valence electrons. The van der Waals surface area contributed by atoms with Crippen LogP contribution in [0, 0.1) is 0 Å². The number of benzene rings is 1. The van der Waals surface area contributed by atoms with Gasteiger partial charge in [0.1, 0.15) is 0 Å². The second-order valence-corrected chi connectivity index (χ2v) is 5.43. The fourth-order valence-corrected chi connectivity index (χ4v) is 2.64. The number of para-hydroxylation sites is 1. The molecule has 4 nitrogen and oxygen atoms in total. The van der Waals surface area contributed by atoms with E-state index in [0.29, 0.717) is 19.2 Å². The molecule has 1 aliphatic carbocycles. The Morgan fingerprint density at radius 1 is 1.33 bits per heavy atom. The van der Waals surface area contributed by atoms with Gasteiger partial charge >= 0.3 is 5.97 Å². The minimum atomic E-state index is -0.136. The van der Waals surface area contributed by atoms with E-state index < -0.39 is 0 Å². The van der Waals surface area contributed by atoms with Crippen LogP contribution in [-0.2, 0) is 16.1 Å². The van der Waals surface area contributed by atoms with Crippen LogP contribution in [-0.4, -0.2) is 35.0 Å². The molecule has 0 aliphatic heterocycles. The Morgan fingerprint density at radius 3 is 2.90 bits per heavy atom. The van der Waals surface area contributed by atoms with Gasteiger partial charge in [-0.15, -0.1) is 0 Å². The van der Waals surface area contributed by atoms with Gasteiger partial charge in [0.15, 0.2) is 0 Å². The van der Waals surface area contributed by atoms with Crippen molar-refractivity contribution >= 4 is 16.9 Å². The van der Waals surface area contributed by atoms with Crippen LogP contribution in [0.2, 0.25) is 0 Å². The molecule has 3 rings (SSSR count). The quantitative estimate of drug-likeness (QED) is 0.765. The average molecular weight is 284 g/mol. The van der Waals surface area contributed by atoms with E-state index in [-0.39, 0.29) is 5.97 Å². The van der Waals surface area contributed by atoms with Gasteiger partial charge in [-0.05, 0) is 37.5 Å². The van der Waals surface area contributed by atoms with Crippen molar-refractivity contribution in [3.63, 3.8) is 0 Å². The number of rotatable bonds is 6. The first-order chi connectivity index (χ1) is 10.3. The van der Waals surface area contributed by atoms with E-state index in [1.54, 1.807) is 0 Å². The highest BCUT2D eigenvalue weighted by Gasteiger charge is 2.30. The number of esters is 1. The molecule has 0 bridgehead atoms. The molecule has 0 atom stereocenters. The first kappa shape index (κ1) is 14.0. The van der Waals surface area contributed by atoms with Gasteiger partial charge in [-0.2, -0.15) is 0 Å². The second kappa shape index (κ2) is 6.22. The Bertz CT molecular complexity index is 632. The van der Waals surface area contributed by atoms with E-state index in [1.165, 1.54) is 18.4 Å². The third kappa shape index (κ3) is 3.39. The molecule has 0 radical (unpaired) electrons. The van der Waals surface area contributed by atoms with Crippen molar-refractivity contribution in [3.05, 3.63) is 42.1 Å². The zero-order chi connectivity index (χ0) is 14.7. The molecule has 0 spiro atoms. The third-order valence-electron chi connectivity index (χ3n) is 3.81. The van der Waals surface area contributed by atoms with Gasteiger partial charge in [0.2, 0.25) is 0 Å². The number of hydrogen-bond acceptors (Lipinski definition) is 4. The van der Waals surface area contributed by atoms with E-state index in [4.69, 9.17) is 4.74 Å². The average Bonchev–Trinajstić information content (AvgIpc) is 3.32. The van der Waals surface area contributed by atoms with Crippen molar-refractivity contribution in [2.75, 3.05) is 13.2 Å². The summed E-state index contributed by atoms with van der Waals surface area (Å²) in [6.07, 6.45) is 4.18. The van der Waals surface area contributed by atoms with Gasteiger partial charge in [-0.25, -0.2) is 0 Å². The maximum absolute atomic E-state index is 11.8. The second-order valence-electron chi connectivity index (χ2n) is 5.43. The zero-order valence-electron chi connectivity index (χ0n) is 12.3. The zero-order valence-corrected chi connectivity index (χ0v) is 12.3. The molecule has 1 fully saturated rings. The lowest BCUT2D eigenvalue weighted by molar-refractivity contribution is -0.144. The summed E-state index contributed by atoms with van der Waals surface area (Å²) in [7, 11) is 0. The molecule has 0 saturated heterocycles. The number of ether oxygens (including phenoxy) is 1. The molecular formula is C17H20N2O2. The minimum absolute atomic E-state index is 0.136. The maximum Gasteiger partial charge on any atom is 0.320 e.